The lowest BCUT2D eigenvalue weighted by molar-refractivity contribution is 0.0951. The summed E-state index contributed by atoms with van der Waals surface area (Å²) in [6.45, 7) is 0. The highest BCUT2D eigenvalue weighted by Gasteiger charge is 2.63. The Bertz CT molecular complexity index is 1610. The molecule has 2 heterocycles. The van der Waals surface area contributed by atoms with Gasteiger partial charge in [-0.25, -0.2) is 0 Å². The average Bonchev–Trinajstić information content (AvgIpc) is 3.23. The Morgan fingerprint density at radius 2 is 1.56 bits per heavy atom. The fourth-order valence-corrected chi connectivity index (χ4v) is 6.01. The number of rotatable bonds is 3. The lowest BCUT2D eigenvalue weighted by Crippen LogP contribution is -2.44. The molecule has 0 saturated carbocycles. The number of fused-ring (bicyclic) bond motifs is 4. The molecule has 4 nitrogen and oxygen atoms in total. The fourth-order valence-electron chi connectivity index (χ4n) is 5.88. The highest BCUT2D eigenvalue weighted by molar-refractivity contribution is 6.30. The zero-order valence-electron chi connectivity index (χ0n) is 19.2. The van der Waals surface area contributed by atoms with Crippen LogP contribution in [-0.2, 0) is 0 Å². The molecule has 0 aromatic heterocycles. The zero-order chi connectivity index (χ0) is 24.9. The van der Waals surface area contributed by atoms with Crippen LogP contribution in [0.15, 0.2) is 97.1 Å². The van der Waals surface area contributed by atoms with Crippen LogP contribution in [0, 0.1) is 28.1 Å². The predicted molar refractivity (Wildman–Crippen MR) is 142 cm³/mol. The maximum absolute atomic E-state index is 14.3. The van der Waals surface area contributed by atoms with Crippen molar-refractivity contribution in [1.82, 2.24) is 0 Å². The number of carbonyl (C=O) groups excluding carboxylic acids is 1. The van der Waals surface area contributed by atoms with Gasteiger partial charge in [-0.05, 0) is 52.2 Å². The monoisotopic (exact) mass is 485 g/mol. The third-order valence-electron chi connectivity index (χ3n) is 7.47. The standard InChI is InChI=1S/C31H20ClN3O/c32-23-15-12-22(13-16-23)30(36)29-28(25-10-5-8-20-6-1-3-9-24(20)25)31(18-33,19-34)27-17-14-21-7-2-4-11-26(21)35(27)29/h1-17,27-29H/t27-,28+,29+/m0/s1. The van der Waals surface area contributed by atoms with Crippen molar-refractivity contribution in [3.05, 3.63) is 119 Å². The van der Waals surface area contributed by atoms with E-state index >= 15 is 0 Å². The van der Waals surface area contributed by atoms with Gasteiger partial charge in [-0.3, -0.25) is 4.79 Å². The first-order valence-electron chi connectivity index (χ1n) is 11.7. The van der Waals surface area contributed by atoms with Crippen LogP contribution < -0.4 is 4.90 Å². The maximum atomic E-state index is 14.3. The van der Waals surface area contributed by atoms with E-state index < -0.39 is 23.4 Å². The van der Waals surface area contributed by atoms with Gasteiger partial charge in [0.05, 0.1) is 18.2 Å². The first-order chi connectivity index (χ1) is 17.6. The second-order valence-electron chi connectivity index (χ2n) is 9.22. The van der Waals surface area contributed by atoms with Crippen molar-refractivity contribution in [3.63, 3.8) is 0 Å². The zero-order valence-corrected chi connectivity index (χ0v) is 19.9. The van der Waals surface area contributed by atoms with Crippen molar-refractivity contribution in [2.24, 2.45) is 5.41 Å². The fraction of sp³-hybridized carbons (Fsp3) is 0.129. The molecule has 4 aromatic rings. The van der Waals surface area contributed by atoms with E-state index in [9.17, 15) is 15.3 Å². The number of para-hydroxylation sites is 1. The summed E-state index contributed by atoms with van der Waals surface area (Å²) in [7, 11) is 0. The molecular formula is C31H20ClN3O. The van der Waals surface area contributed by atoms with E-state index in [1.807, 2.05) is 83.8 Å². The first-order valence-corrected chi connectivity index (χ1v) is 12.1. The van der Waals surface area contributed by atoms with Gasteiger partial charge >= 0.3 is 0 Å². The molecule has 0 bridgehead atoms. The Morgan fingerprint density at radius 3 is 2.33 bits per heavy atom. The quantitative estimate of drug-likeness (QED) is 0.300. The van der Waals surface area contributed by atoms with Crippen LogP contribution in [0.3, 0.4) is 0 Å². The molecule has 5 heteroatoms. The first kappa shape index (κ1) is 22.1. The number of hydrogen-bond acceptors (Lipinski definition) is 4. The average molecular weight is 486 g/mol. The van der Waals surface area contributed by atoms with Crippen molar-refractivity contribution < 1.29 is 4.79 Å². The second kappa shape index (κ2) is 8.38. The summed E-state index contributed by atoms with van der Waals surface area (Å²) in [4.78, 5) is 16.3. The van der Waals surface area contributed by atoms with Gasteiger partial charge in [-0.2, -0.15) is 10.5 Å². The summed E-state index contributed by atoms with van der Waals surface area (Å²) in [6, 6.07) is 31.8. The van der Waals surface area contributed by atoms with Gasteiger partial charge in [0.25, 0.3) is 0 Å². The molecule has 36 heavy (non-hydrogen) atoms. The molecule has 4 aromatic carbocycles. The third-order valence-corrected chi connectivity index (χ3v) is 7.72. The van der Waals surface area contributed by atoms with E-state index in [0.717, 1.165) is 27.6 Å². The van der Waals surface area contributed by atoms with Crippen molar-refractivity contribution in [3.8, 4) is 12.1 Å². The van der Waals surface area contributed by atoms with Crippen LogP contribution in [0.25, 0.3) is 16.8 Å². The van der Waals surface area contributed by atoms with E-state index in [1.54, 1.807) is 24.3 Å². The Kier molecular flexibility index (Phi) is 5.15. The topological polar surface area (TPSA) is 67.9 Å². The van der Waals surface area contributed by atoms with Gasteiger partial charge in [0.15, 0.2) is 11.2 Å². The molecule has 172 valence electrons. The van der Waals surface area contributed by atoms with Crippen LogP contribution in [0.2, 0.25) is 5.02 Å². The molecule has 0 radical (unpaired) electrons. The van der Waals surface area contributed by atoms with Crippen molar-refractivity contribution in [1.29, 1.82) is 10.5 Å². The van der Waals surface area contributed by atoms with Crippen LogP contribution >= 0.6 is 11.6 Å². The number of halogens is 1. The molecule has 3 atom stereocenters. The van der Waals surface area contributed by atoms with Crippen LogP contribution in [0.4, 0.5) is 5.69 Å². The minimum Gasteiger partial charge on any atom is -0.351 e. The van der Waals surface area contributed by atoms with Gasteiger partial charge in [0.2, 0.25) is 0 Å². The minimum absolute atomic E-state index is 0.146. The molecule has 2 aliphatic rings. The number of nitrogens with zero attached hydrogens (tertiary/aromatic N) is 3. The van der Waals surface area contributed by atoms with E-state index in [2.05, 4.69) is 12.1 Å². The third kappa shape index (κ3) is 3.09. The lowest BCUT2D eigenvalue weighted by Gasteiger charge is -2.35. The van der Waals surface area contributed by atoms with Crippen molar-refractivity contribution in [2.45, 2.75) is 18.0 Å². The van der Waals surface area contributed by atoms with Crippen molar-refractivity contribution >= 4 is 39.9 Å². The summed E-state index contributed by atoms with van der Waals surface area (Å²) in [5, 5.41) is 23.8. The Labute approximate surface area is 214 Å². The van der Waals surface area contributed by atoms with Crippen LogP contribution in [0.5, 0.6) is 0 Å². The number of ketones is 1. The van der Waals surface area contributed by atoms with Crippen molar-refractivity contribution in [2.75, 3.05) is 4.90 Å². The number of anilines is 1. The molecule has 0 N–H and O–H groups in total. The Morgan fingerprint density at radius 1 is 0.861 bits per heavy atom. The predicted octanol–water partition coefficient (Wildman–Crippen LogP) is 6.78. The molecule has 0 spiro atoms. The molecule has 2 aliphatic heterocycles. The molecule has 6 rings (SSSR count). The van der Waals surface area contributed by atoms with E-state index in [4.69, 9.17) is 11.6 Å². The number of Topliss-reactive ketones (excluding diaryl/α,β-unsaturated/α-hetero) is 1. The summed E-state index contributed by atoms with van der Waals surface area (Å²) >= 11 is 6.12. The number of benzene rings is 4. The minimum atomic E-state index is -1.49. The van der Waals surface area contributed by atoms with Gasteiger partial charge in [-0.1, -0.05) is 84.4 Å². The highest BCUT2D eigenvalue weighted by Crippen LogP contribution is 2.56. The van der Waals surface area contributed by atoms with E-state index in [-0.39, 0.29) is 5.78 Å². The molecule has 1 saturated heterocycles. The maximum Gasteiger partial charge on any atom is 0.185 e. The summed E-state index contributed by atoms with van der Waals surface area (Å²) < 4.78 is 0. The Hall–Kier alpha value is -4.38. The van der Waals surface area contributed by atoms with Gasteiger partial charge in [0, 0.05) is 22.2 Å². The SMILES string of the molecule is N#CC1(C#N)[C@H](c2cccc3ccccc23)[C@H](C(=O)c2ccc(Cl)cc2)N2c3ccccc3C=C[C@H]21. The highest BCUT2D eigenvalue weighted by atomic mass is 35.5. The second-order valence-corrected chi connectivity index (χ2v) is 9.66. The van der Waals surface area contributed by atoms with Crippen LogP contribution in [-0.4, -0.2) is 17.9 Å². The van der Waals surface area contributed by atoms with E-state index in [0.29, 0.717) is 10.6 Å². The summed E-state index contributed by atoms with van der Waals surface area (Å²) in [5.41, 5.74) is 1.62. The molecule has 0 aliphatic carbocycles. The number of nitriles is 2. The molecule has 0 amide bonds. The largest absolute Gasteiger partial charge is 0.351 e. The van der Waals surface area contributed by atoms with Crippen LogP contribution in [0.1, 0.15) is 27.4 Å². The number of carbonyl (C=O) groups is 1. The summed E-state index contributed by atoms with van der Waals surface area (Å²) in [5.74, 6) is -0.838. The Balaban J connectivity index is 1.67. The number of hydrogen-bond donors (Lipinski definition) is 0. The molecular weight excluding hydrogens is 466 g/mol. The van der Waals surface area contributed by atoms with E-state index in [1.165, 1.54) is 0 Å². The molecule has 0 unspecified atom stereocenters. The molecule has 1 fully saturated rings. The smallest absolute Gasteiger partial charge is 0.185 e. The lowest BCUT2D eigenvalue weighted by atomic mass is 9.68. The van der Waals surface area contributed by atoms with Gasteiger partial charge in [0.1, 0.15) is 6.04 Å². The van der Waals surface area contributed by atoms with Gasteiger partial charge < -0.3 is 4.90 Å². The normalized spacial score (nSPS) is 21.3. The van der Waals surface area contributed by atoms with Gasteiger partial charge in [-0.15, -0.1) is 0 Å². The summed E-state index contributed by atoms with van der Waals surface area (Å²) in [6.07, 6.45) is 3.86.